The van der Waals surface area contributed by atoms with Gasteiger partial charge in [-0.2, -0.15) is 0 Å². The van der Waals surface area contributed by atoms with Crippen LogP contribution < -0.4 is 10.1 Å². The number of thioether (sulfide) groups is 1. The monoisotopic (exact) mass is 322 g/mol. The second-order valence-corrected chi connectivity index (χ2v) is 6.62. The minimum atomic E-state index is -0.433. The quantitative estimate of drug-likeness (QED) is 0.851. The van der Waals surface area contributed by atoms with Gasteiger partial charge < -0.3 is 10.1 Å². The van der Waals surface area contributed by atoms with Gasteiger partial charge in [0, 0.05) is 0 Å². The van der Waals surface area contributed by atoms with Crippen LogP contribution in [0.4, 0.5) is 5.69 Å². The molecule has 1 aliphatic heterocycles. The fourth-order valence-electron chi connectivity index (χ4n) is 2.21. The van der Waals surface area contributed by atoms with Crippen molar-refractivity contribution in [3.63, 3.8) is 0 Å². The number of anilines is 1. The third-order valence-electron chi connectivity index (χ3n) is 3.32. The molecule has 0 radical (unpaired) electrons. The molecule has 7 heteroatoms. The lowest BCUT2D eigenvalue weighted by atomic mass is 10.2. The normalized spacial score (nSPS) is 21.7. The molecular formula is C15H18N2O4S. The van der Waals surface area contributed by atoms with Crippen LogP contribution in [0.2, 0.25) is 0 Å². The first-order valence-corrected chi connectivity index (χ1v) is 7.82. The highest BCUT2D eigenvalue weighted by Crippen LogP contribution is 2.27. The van der Waals surface area contributed by atoms with Crippen LogP contribution in [0.3, 0.4) is 0 Å². The van der Waals surface area contributed by atoms with Crippen LogP contribution in [-0.4, -0.2) is 46.8 Å². The van der Waals surface area contributed by atoms with E-state index >= 15 is 0 Å². The predicted octanol–water partition coefficient (Wildman–Crippen LogP) is 1.51. The number of carbonyl (C=O) groups excluding carboxylic acids is 3. The third kappa shape index (κ3) is 3.41. The lowest BCUT2D eigenvalue weighted by Crippen LogP contribution is -2.52. The molecule has 1 saturated heterocycles. The van der Waals surface area contributed by atoms with Gasteiger partial charge in [-0.15, -0.1) is 11.8 Å². The van der Waals surface area contributed by atoms with Crippen molar-refractivity contribution in [1.29, 1.82) is 0 Å². The second kappa shape index (κ2) is 6.83. The number of nitrogens with one attached hydrogen (secondary N) is 1. The molecule has 1 N–H and O–H groups in total. The Morgan fingerprint density at radius 2 is 1.82 bits per heavy atom. The molecule has 22 heavy (non-hydrogen) atoms. The molecule has 1 fully saturated rings. The summed E-state index contributed by atoms with van der Waals surface area (Å²) in [4.78, 5) is 37.3. The van der Waals surface area contributed by atoms with Crippen LogP contribution in [-0.2, 0) is 14.4 Å². The SMILES string of the molecule is COc1ccccc1NC(=O)CN1C(=O)[C@H](C)S[C@@H](C)C1=O. The number of amides is 3. The van der Waals surface area contributed by atoms with Gasteiger partial charge >= 0.3 is 0 Å². The van der Waals surface area contributed by atoms with Crippen molar-refractivity contribution < 1.29 is 19.1 Å². The molecule has 0 bridgehead atoms. The summed E-state index contributed by atoms with van der Waals surface area (Å²) in [6.45, 7) is 3.19. The fraction of sp³-hybridized carbons (Fsp3) is 0.400. The number of para-hydroxylation sites is 2. The van der Waals surface area contributed by atoms with Crippen LogP contribution in [0, 0.1) is 0 Å². The van der Waals surface area contributed by atoms with E-state index in [9.17, 15) is 14.4 Å². The molecule has 0 saturated carbocycles. The van der Waals surface area contributed by atoms with Crippen molar-refractivity contribution in [3.05, 3.63) is 24.3 Å². The molecule has 0 aliphatic carbocycles. The molecule has 118 valence electrons. The van der Waals surface area contributed by atoms with E-state index in [2.05, 4.69) is 5.32 Å². The summed E-state index contributed by atoms with van der Waals surface area (Å²) in [7, 11) is 1.50. The lowest BCUT2D eigenvalue weighted by Gasteiger charge is -2.31. The van der Waals surface area contributed by atoms with E-state index in [0.29, 0.717) is 11.4 Å². The molecule has 6 nitrogen and oxygen atoms in total. The highest BCUT2D eigenvalue weighted by atomic mass is 32.2. The molecular weight excluding hydrogens is 304 g/mol. The van der Waals surface area contributed by atoms with Gasteiger partial charge in [0.15, 0.2) is 0 Å². The summed E-state index contributed by atoms with van der Waals surface area (Å²) >= 11 is 1.31. The van der Waals surface area contributed by atoms with E-state index in [4.69, 9.17) is 4.74 Å². The van der Waals surface area contributed by atoms with Crippen molar-refractivity contribution in [3.8, 4) is 5.75 Å². The summed E-state index contributed by atoms with van der Waals surface area (Å²) in [5, 5.41) is 2.01. The largest absolute Gasteiger partial charge is 0.495 e. The van der Waals surface area contributed by atoms with Crippen molar-refractivity contribution in [1.82, 2.24) is 4.90 Å². The molecule has 0 unspecified atom stereocenters. The molecule has 0 spiro atoms. The van der Waals surface area contributed by atoms with Crippen molar-refractivity contribution in [2.75, 3.05) is 19.0 Å². The Morgan fingerprint density at radius 3 is 2.41 bits per heavy atom. The zero-order valence-corrected chi connectivity index (χ0v) is 13.5. The van der Waals surface area contributed by atoms with Gasteiger partial charge in [-0.3, -0.25) is 19.3 Å². The van der Waals surface area contributed by atoms with Gasteiger partial charge in [0.25, 0.3) is 0 Å². The Kier molecular flexibility index (Phi) is 5.07. The molecule has 2 rings (SSSR count). The van der Waals surface area contributed by atoms with Crippen molar-refractivity contribution in [2.45, 2.75) is 24.3 Å². The number of benzene rings is 1. The number of ether oxygens (including phenoxy) is 1. The van der Waals surface area contributed by atoms with Gasteiger partial charge in [-0.25, -0.2) is 0 Å². The summed E-state index contributed by atoms with van der Waals surface area (Å²) in [6, 6.07) is 6.95. The van der Waals surface area contributed by atoms with Crippen LogP contribution in [0.5, 0.6) is 5.75 Å². The third-order valence-corrected chi connectivity index (χ3v) is 4.54. The van der Waals surface area contributed by atoms with Crippen molar-refractivity contribution in [2.24, 2.45) is 0 Å². The molecule has 1 heterocycles. The number of nitrogens with zero attached hydrogens (tertiary/aromatic N) is 1. The van der Waals surface area contributed by atoms with Crippen LogP contribution in [0.25, 0.3) is 0 Å². The van der Waals surface area contributed by atoms with Gasteiger partial charge in [-0.1, -0.05) is 12.1 Å². The lowest BCUT2D eigenvalue weighted by molar-refractivity contribution is -0.147. The fourth-order valence-corrected chi connectivity index (χ4v) is 3.31. The minimum Gasteiger partial charge on any atom is -0.495 e. The molecule has 1 aromatic carbocycles. The first kappa shape index (κ1) is 16.4. The maximum Gasteiger partial charge on any atom is 0.244 e. The maximum atomic E-state index is 12.1. The zero-order valence-electron chi connectivity index (χ0n) is 12.7. The first-order valence-electron chi connectivity index (χ1n) is 6.87. The van der Waals surface area contributed by atoms with Gasteiger partial charge in [0.1, 0.15) is 12.3 Å². The summed E-state index contributed by atoms with van der Waals surface area (Å²) in [5.74, 6) is -0.575. The van der Waals surface area contributed by atoms with E-state index in [0.717, 1.165) is 4.90 Å². The topological polar surface area (TPSA) is 75.7 Å². The highest BCUT2D eigenvalue weighted by molar-refractivity contribution is 8.02. The second-order valence-electron chi connectivity index (χ2n) is 4.93. The zero-order chi connectivity index (χ0) is 16.3. The van der Waals surface area contributed by atoms with Gasteiger partial charge in [-0.05, 0) is 26.0 Å². The van der Waals surface area contributed by atoms with Crippen molar-refractivity contribution >= 4 is 35.2 Å². The van der Waals surface area contributed by atoms with E-state index in [1.165, 1.54) is 18.9 Å². The summed E-state index contributed by atoms with van der Waals surface area (Å²) in [5.41, 5.74) is 0.502. The number of rotatable bonds is 4. The number of imide groups is 1. The summed E-state index contributed by atoms with van der Waals surface area (Å²) < 4.78 is 5.15. The molecule has 0 aromatic heterocycles. The Balaban J connectivity index is 2.07. The molecule has 2 atom stereocenters. The average Bonchev–Trinajstić information content (AvgIpc) is 2.50. The number of hydrogen-bond acceptors (Lipinski definition) is 5. The first-order chi connectivity index (χ1) is 10.4. The predicted molar refractivity (Wildman–Crippen MR) is 84.9 cm³/mol. The smallest absolute Gasteiger partial charge is 0.244 e. The van der Waals surface area contributed by atoms with E-state index in [1.54, 1.807) is 38.1 Å². The molecule has 3 amide bonds. The average molecular weight is 322 g/mol. The standard InChI is InChI=1S/C15H18N2O4S/c1-9-14(19)17(15(20)10(2)22-9)8-13(18)16-11-6-4-5-7-12(11)21-3/h4-7,9-10H,8H2,1-3H3,(H,16,18)/t9-,10-/m0/s1. The number of methoxy groups -OCH3 is 1. The van der Waals surface area contributed by atoms with E-state index in [-0.39, 0.29) is 28.9 Å². The van der Waals surface area contributed by atoms with Crippen LogP contribution in [0.1, 0.15) is 13.8 Å². The highest BCUT2D eigenvalue weighted by Gasteiger charge is 2.38. The maximum absolute atomic E-state index is 12.1. The Morgan fingerprint density at radius 1 is 1.23 bits per heavy atom. The number of carbonyl (C=O) groups is 3. The Labute approximate surface area is 133 Å². The van der Waals surface area contributed by atoms with E-state index in [1.807, 2.05) is 0 Å². The summed E-state index contributed by atoms with van der Waals surface area (Å²) in [6.07, 6.45) is 0. The Bertz CT molecular complexity index is 585. The minimum absolute atomic E-state index is 0.287. The Hall–Kier alpha value is -2.02. The van der Waals surface area contributed by atoms with Crippen LogP contribution in [0.15, 0.2) is 24.3 Å². The van der Waals surface area contributed by atoms with Gasteiger partial charge in [0.2, 0.25) is 17.7 Å². The number of hydrogen-bond donors (Lipinski definition) is 1. The molecule has 1 aliphatic rings. The van der Waals surface area contributed by atoms with E-state index < -0.39 is 5.91 Å². The van der Waals surface area contributed by atoms with Gasteiger partial charge in [0.05, 0.1) is 23.3 Å². The molecule has 1 aromatic rings. The van der Waals surface area contributed by atoms with Crippen LogP contribution >= 0.6 is 11.8 Å².